The number of hydrogen-bond donors (Lipinski definition) is 2. The van der Waals surface area contributed by atoms with Gasteiger partial charge >= 0.3 is 0 Å². The molecule has 0 aliphatic heterocycles. The second kappa shape index (κ2) is 7.19. The van der Waals surface area contributed by atoms with E-state index in [2.05, 4.69) is 10.0 Å². The van der Waals surface area contributed by atoms with E-state index in [4.69, 9.17) is 5.26 Å². The van der Waals surface area contributed by atoms with Crippen LogP contribution >= 0.6 is 0 Å². The minimum atomic E-state index is -3.87. The van der Waals surface area contributed by atoms with Gasteiger partial charge in [0.25, 0.3) is 0 Å². The van der Waals surface area contributed by atoms with Crippen LogP contribution in [0.25, 0.3) is 0 Å². The smallest absolute Gasteiger partial charge is 0.242 e. The first-order chi connectivity index (χ1) is 9.03. The van der Waals surface area contributed by atoms with Crippen LogP contribution in [0.4, 0.5) is 4.39 Å². The average molecular weight is 285 g/mol. The van der Waals surface area contributed by atoms with Gasteiger partial charge < -0.3 is 5.32 Å². The lowest BCUT2D eigenvalue weighted by molar-refractivity contribution is 0.571. The van der Waals surface area contributed by atoms with Crippen molar-refractivity contribution in [2.24, 2.45) is 0 Å². The topological polar surface area (TPSA) is 82.0 Å². The summed E-state index contributed by atoms with van der Waals surface area (Å²) in [6.45, 7) is 3.46. The van der Waals surface area contributed by atoms with Crippen molar-refractivity contribution in [1.82, 2.24) is 10.0 Å². The maximum atomic E-state index is 13.3. The van der Waals surface area contributed by atoms with Gasteiger partial charge in [0.2, 0.25) is 10.0 Å². The summed E-state index contributed by atoms with van der Waals surface area (Å²) in [6.07, 6.45) is 0.954. The molecule has 0 aliphatic rings. The number of hydrogen-bond acceptors (Lipinski definition) is 4. The predicted octanol–water partition coefficient (Wildman–Crippen LogP) is 0.975. The van der Waals surface area contributed by atoms with Crippen LogP contribution in [0.15, 0.2) is 23.1 Å². The SMILES string of the molecule is CCCNCCNS(=O)(=O)c1cccc(F)c1C#N. The molecule has 0 atom stereocenters. The summed E-state index contributed by atoms with van der Waals surface area (Å²) in [6, 6.07) is 5.10. The second-order valence-corrected chi connectivity index (χ2v) is 5.61. The van der Waals surface area contributed by atoms with E-state index in [1.165, 1.54) is 12.1 Å². The largest absolute Gasteiger partial charge is 0.315 e. The molecule has 0 amide bonds. The van der Waals surface area contributed by atoms with Crippen LogP contribution in [0.2, 0.25) is 0 Å². The van der Waals surface area contributed by atoms with Crippen molar-refractivity contribution >= 4 is 10.0 Å². The zero-order chi connectivity index (χ0) is 14.3. The fraction of sp³-hybridized carbons (Fsp3) is 0.417. The molecule has 0 radical (unpaired) electrons. The number of rotatable bonds is 7. The lowest BCUT2D eigenvalue weighted by atomic mass is 10.2. The van der Waals surface area contributed by atoms with Crippen LogP contribution in [0, 0.1) is 17.1 Å². The molecular formula is C12H16FN3O2S. The number of nitrogens with zero attached hydrogens (tertiary/aromatic N) is 1. The van der Waals surface area contributed by atoms with Gasteiger partial charge in [-0.05, 0) is 25.1 Å². The third-order valence-corrected chi connectivity index (χ3v) is 3.90. The first kappa shape index (κ1) is 15.6. The van der Waals surface area contributed by atoms with Gasteiger partial charge in [-0.1, -0.05) is 13.0 Å². The Bertz CT molecular complexity index is 567. The summed E-state index contributed by atoms with van der Waals surface area (Å²) in [5.41, 5.74) is -0.462. The highest BCUT2D eigenvalue weighted by molar-refractivity contribution is 7.89. The Kier molecular flexibility index (Phi) is 5.89. The highest BCUT2D eigenvalue weighted by atomic mass is 32.2. The molecule has 0 saturated heterocycles. The van der Waals surface area contributed by atoms with Crippen molar-refractivity contribution in [3.8, 4) is 6.07 Å². The Morgan fingerprint density at radius 2 is 2.05 bits per heavy atom. The van der Waals surface area contributed by atoms with E-state index in [-0.39, 0.29) is 11.4 Å². The standard InChI is InChI=1S/C12H16FN3O2S/c1-2-6-15-7-8-16-19(17,18)12-5-3-4-11(13)10(12)9-14/h3-5,15-16H,2,6-8H2,1H3. The van der Waals surface area contributed by atoms with Crippen molar-refractivity contribution in [1.29, 1.82) is 5.26 Å². The summed E-state index contributed by atoms with van der Waals surface area (Å²) in [5.74, 6) is -0.838. The van der Waals surface area contributed by atoms with Crippen LogP contribution in [-0.4, -0.2) is 28.1 Å². The van der Waals surface area contributed by atoms with Gasteiger partial charge in [0.1, 0.15) is 22.3 Å². The third kappa shape index (κ3) is 4.28. The zero-order valence-corrected chi connectivity index (χ0v) is 11.4. The Morgan fingerprint density at radius 1 is 1.32 bits per heavy atom. The highest BCUT2D eigenvalue weighted by Crippen LogP contribution is 2.17. The minimum Gasteiger partial charge on any atom is -0.315 e. The van der Waals surface area contributed by atoms with Crippen molar-refractivity contribution < 1.29 is 12.8 Å². The van der Waals surface area contributed by atoms with E-state index in [1.807, 2.05) is 6.92 Å². The van der Waals surface area contributed by atoms with Crippen molar-refractivity contribution in [3.05, 3.63) is 29.6 Å². The van der Waals surface area contributed by atoms with Crippen molar-refractivity contribution in [3.63, 3.8) is 0 Å². The molecular weight excluding hydrogens is 269 g/mol. The maximum absolute atomic E-state index is 13.3. The summed E-state index contributed by atoms with van der Waals surface area (Å²) in [5, 5.41) is 11.8. The lowest BCUT2D eigenvalue weighted by Gasteiger charge is -2.09. The Balaban J connectivity index is 2.79. The van der Waals surface area contributed by atoms with E-state index in [1.54, 1.807) is 6.07 Å². The van der Waals surface area contributed by atoms with Gasteiger partial charge in [-0.15, -0.1) is 0 Å². The Hall–Kier alpha value is -1.49. The summed E-state index contributed by atoms with van der Waals surface area (Å²) in [4.78, 5) is -0.328. The zero-order valence-electron chi connectivity index (χ0n) is 10.6. The molecule has 0 aliphatic carbocycles. The molecule has 0 heterocycles. The predicted molar refractivity (Wildman–Crippen MR) is 69.5 cm³/mol. The van der Waals surface area contributed by atoms with E-state index >= 15 is 0 Å². The van der Waals surface area contributed by atoms with Crippen molar-refractivity contribution in [2.45, 2.75) is 18.2 Å². The van der Waals surface area contributed by atoms with Gasteiger partial charge in [-0.2, -0.15) is 5.26 Å². The number of halogens is 1. The van der Waals surface area contributed by atoms with Gasteiger partial charge in [0.15, 0.2) is 0 Å². The Labute approximate surface area is 112 Å². The fourth-order valence-electron chi connectivity index (χ4n) is 1.49. The maximum Gasteiger partial charge on any atom is 0.242 e. The van der Waals surface area contributed by atoms with Gasteiger partial charge in [-0.25, -0.2) is 17.5 Å². The minimum absolute atomic E-state index is 0.184. The monoisotopic (exact) mass is 285 g/mol. The molecule has 19 heavy (non-hydrogen) atoms. The van der Waals surface area contributed by atoms with Crippen molar-refractivity contribution in [2.75, 3.05) is 19.6 Å². The summed E-state index contributed by atoms with van der Waals surface area (Å²) < 4.78 is 39.6. The molecule has 0 spiro atoms. The fourth-order valence-corrected chi connectivity index (χ4v) is 2.69. The van der Waals surface area contributed by atoms with E-state index in [0.29, 0.717) is 6.54 Å². The first-order valence-electron chi connectivity index (χ1n) is 5.92. The number of nitriles is 1. The van der Waals surface area contributed by atoms with Gasteiger partial charge in [-0.3, -0.25) is 0 Å². The molecule has 1 aromatic carbocycles. The third-order valence-electron chi connectivity index (χ3n) is 2.40. The molecule has 0 fully saturated rings. The molecule has 5 nitrogen and oxygen atoms in total. The van der Waals surface area contributed by atoms with E-state index in [9.17, 15) is 12.8 Å². The number of benzene rings is 1. The first-order valence-corrected chi connectivity index (χ1v) is 7.40. The summed E-state index contributed by atoms with van der Waals surface area (Å²) in [7, 11) is -3.87. The van der Waals surface area contributed by atoms with E-state index < -0.39 is 21.4 Å². The van der Waals surface area contributed by atoms with Crippen LogP contribution in [0.5, 0.6) is 0 Å². The molecule has 7 heteroatoms. The van der Waals surface area contributed by atoms with Gasteiger partial charge in [0.05, 0.1) is 0 Å². The molecule has 104 valence electrons. The quantitative estimate of drug-likeness (QED) is 0.732. The normalized spacial score (nSPS) is 11.2. The Morgan fingerprint density at radius 3 is 2.68 bits per heavy atom. The molecule has 1 aromatic rings. The second-order valence-electron chi connectivity index (χ2n) is 3.87. The molecule has 0 unspecified atom stereocenters. The number of nitrogens with one attached hydrogen (secondary N) is 2. The molecule has 0 bridgehead atoms. The molecule has 2 N–H and O–H groups in total. The van der Waals surface area contributed by atoms with Gasteiger partial charge in [0, 0.05) is 13.1 Å². The lowest BCUT2D eigenvalue weighted by Crippen LogP contribution is -2.32. The van der Waals surface area contributed by atoms with E-state index in [0.717, 1.165) is 19.0 Å². The molecule has 1 rings (SSSR count). The van der Waals surface area contributed by atoms with Crippen LogP contribution in [0.1, 0.15) is 18.9 Å². The average Bonchev–Trinajstić information content (AvgIpc) is 2.38. The summed E-state index contributed by atoms with van der Waals surface area (Å²) >= 11 is 0. The molecule has 0 aromatic heterocycles. The van der Waals surface area contributed by atoms with Crippen LogP contribution in [-0.2, 0) is 10.0 Å². The van der Waals surface area contributed by atoms with Crippen LogP contribution < -0.4 is 10.0 Å². The highest BCUT2D eigenvalue weighted by Gasteiger charge is 2.20. The molecule has 0 saturated carbocycles. The number of sulfonamides is 1. The van der Waals surface area contributed by atoms with Crippen LogP contribution in [0.3, 0.4) is 0 Å².